The van der Waals surface area contributed by atoms with Crippen LogP contribution in [0.3, 0.4) is 0 Å². The largest absolute Gasteiger partial charge is 0.417 e. The number of benzene rings is 1. The van der Waals surface area contributed by atoms with Gasteiger partial charge >= 0.3 is 6.18 Å². The van der Waals surface area contributed by atoms with Crippen LogP contribution in [0, 0.1) is 0 Å². The fourth-order valence-electron chi connectivity index (χ4n) is 4.57. The zero-order chi connectivity index (χ0) is 26.3. The number of aliphatic imine (C=N–C) groups is 1. The van der Waals surface area contributed by atoms with E-state index in [1.165, 1.54) is 11.0 Å². The number of alkyl halides is 3. The normalized spacial score (nSPS) is 24.2. The Bertz CT molecular complexity index is 1230. The third kappa shape index (κ3) is 6.00. The predicted molar refractivity (Wildman–Crippen MR) is 135 cm³/mol. The summed E-state index contributed by atoms with van der Waals surface area (Å²) in [7, 11) is 0. The average molecular weight is 560 g/mol. The standard InChI is InChI=1S/C24H25ClF3N5O3.ClH/c1-13-8-16(6-7-36-13)33-19(34)10-23(2,32-22(33)29)17-4-3-5-18(20(17)25)31-21(35)14-9-15(12-30-11-14)24(26,27)28;/h3-5,9,11-13,16H,6-8,10H2,1-2H3,(H2,29,32)(H,31,35);1H/t13-,16-,23+;/m1./s1. The maximum atomic E-state index is 13.2. The van der Waals surface area contributed by atoms with Gasteiger partial charge in [0, 0.05) is 30.6 Å². The Morgan fingerprint density at radius 2 is 2.05 bits per heavy atom. The topological polar surface area (TPSA) is 110 Å². The van der Waals surface area contributed by atoms with Crippen molar-refractivity contribution in [2.45, 2.75) is 57.0 Å². The zero-order valence-corrected chi connectivity index (χ0v) is 21.6. The van der Waals surface area contributed by atoms with Crippen molar-refractivity contribution < 1.29 is 27.5 Å². The Kier molecular flexibility index (Phi) is 8.40. The van der Waals surface area contributed by atoms with Gasteiger partial charge in [-0.3, -0.25) is 19.5 Å². The number of pyridine rings is 1. The molecule has 3 heterocycles. The quantitative estimate of drug-likeness (QED) is 0.561. The number of nitrogens with zero attached hydrogens (tertiary/aromatic N) is 3. The van der Waals surface area contributed by atoms with Gasteiger partial charge in [0.1, 0.15) is 0 Å². The van der Waals surface area contributed by atoms with Crippen LogP contribution < -0.4 is 11.1 Å². The first-order valence-electron chi connectivity index (χ1n) is 11.3. The highest BCUT2D eigenvalue weighted by molar-refractivity contribution is 6.35. The van der Waals surface area contributed by atoms with Crippen LogP contribution in [0.1, 0.15) is 54.6 Å². The van der Waals surface area contributed by atoms with Crippen molar-refractivity contribution >= 4 is 47.5 Å². The van der Waals surface area contributed by atoms with Crippen LogP contribution in [0.5, 0.6) is 0 Å². The molecule has 3 N–H and O–H groups in total. The van der Waals surface area contributed by atoms with Crippen molar-refractivity contribution in [1.29, 1.82) is 0 Å². The Morgan fingerprint density at radius 1 is 1.32 bits per heavy atom. The summed E-state index contributed by atoms with van der Waals surface area (Å²) < 4.78 is 44.6. The molecule has 1 fully saturated rings. The summed E-state index contributed by atoms with van der Waals surface area (Å²) in [4.78, 5) is 35.5. The van der Waals surface area contributed by atoms with Crippen LogP contribution >= 0.6 is 24.0 Å². The molecule has 0 bridgehead atoms. The minimum absolute atomic E-state index is 0. The number of anilines is 1. The monoisotopic (exact) mass is 559 g/mol. The van der Waals surface area contributed by atoms with Crippen LogP contribution in [0.4, 0.5) is 18.9 Å². The molecule has 0 radical (unpaired) electrons. The highest BCUT2D eigenvalue weighted by Crippen LogP contribution is 2.41. The van der Waals surface area contributed by atoms with E-state index in [2.05, 4.69) is 15.3 Å². The molecule has 13 heteroatoms. The number of halogens is 5. The van der Waals surface area contributed by atoms with Crippen molar-refractivity contribution in [2.75, 3.05) is 11.9 Å². The summed E-state index contributed by atoms with van der Waals surface area (Å²) in [5.41, 5.74) is 4.42. The lowest BCUT2D eigenvalue weighted by molar-refractivity contribution is -0.138. The summed E-state index contributed by atoms with van der Waals surface area (Å²) in [6.45, 7) is 4.17. The van der Waals surface area contributed by atoms with Gasteiger partial charge in [0.25, 0.3) is 5.91 Å². The van der Waals surface area contributed by atoms with Gasteiger partial charge in [0.05, 0.1) is 39.9 Å². The maximum Gasteiger partial charge on any atom is 0.417 e. The number of aromatic nitrogens is 1. The van der Waals surface area contributed by atoms with Crippen LogP contribution in [-0.4, -0.2) is 46.4 Å². The number of hydrogen-bond acceptors (Lipinski definition) is 6. The number of carbonyl (C=O) groups is 2. The van der Waals surface area contributed by atoms with E-state index in [1.54, 1.807) is 19.1 Å². The molecule has 0 unspecified atom stereocenters. The molecule has 0 saturated carbocycles. The first kappa shape index (κ1) is 28.7. The number of rotatable bonds is 4. The summed E-state index contributed by atoms with van der Waals surface area (Å²) in [6, 6.07) is 5.37. The zero-order valence-electron chi connectivity index (χ0n) is 20.0. The average Bonchev–Trinajstić information content (AvgIpc) is 2.79. The van der Waals surface area contributed by atoms with Crippen molar-refractivity contribution in [3.05, 3.63) is 58.4 Å². The van der Waals surface area contributed by atoms with Gasteiger partial charge < -0.3 is 15.8 Å². The van der Waals surface area contributed by atoms with Gasteiger partial charge in [-0.15, -0.1) is 12.4 Å². The molecule has 37 heavy (non-hydrogen) atoms. The first-order valence-corrected chi connectivity index (χ1v) is 11.7. The van der Waals surface area contributed by atoms with Gasteiger partial charge in [0.15, 0.2) is 5.96 Å². The van der Waals surface area contributed by atoms with Crippen molar-refractivity contribution in [3.8, 4) is 0 Å². The van der Waals surface area contributed by atoms with Crippen LogP contribution in [-0.2, 0) is 21.2 Å². The number of nitrogens with one attached hydrogen (secondary N) is 1. The summed E-state index contributed by atoms with van der Waals surface area (Å²) in [6.07, 6.45) is -1.69. The Labute approximate surface area is 222 Å². The Hall–Kier alpha value is -2.89. The van der Waals surface area contributed by atoms with Gasteiger partial charge in [-0.1, -0.05) is 23.7 Å². The number of ether oxygens (including phenoxy) is 1. The SMILES string of the molecule is C[C@@H]1C[C@H](N2C(=O)C[C@@](C)(c3cccc(NC(=O)c4cncc(C(F)(F)F)c4)c3Cl)N=C2N)CCO1.Cl. The number of nitrogens with two attached hydrogens (primary N) is 1. The summed E-state index contributed by atoms with van der Waals surface area (Å²) in [5.74, 6) is -0.946. The van der Waals surface area contributed by atoms with E-state index in [-0.39, 0.29) is 59.1 Å². The molecular formula is C24H26Cl2F3N5O3. The second kappa shape index (κ2) is 10.8. The molecular weight excluding hydrogens is 534 g/mol. The molecule has 3 atom stereocenters. The number of carbonyl (C=O) groups excluding carboxylic acids is 2. The molecule has 0 spiro atoms. The molecule has 2 aromatic rings. The van der Waals surface area contributed by atoms with E-state index in [9.17, 15) is 22.8 Å². The molecule has 200 valence electrons. The Morgan fingerprint density at radius 3 is 2.70 bits per heavy atom. The highest BCUT2D eigenvalue weighted by Gasteiger charge is 2.42. The second-order valence-corrected chi connectivity index (χ2v) is 9.50. The minimum atomic E-state index is -4.64. The number of amides is 2. The molecule has 2 aliphatic heterocycles. The Balaban J connectivity index is 0.00000380. The van der Waals surface area contributed by atoms with Crippen LogP contribution in [0.2, 0.25) is 5.02 Å². The van der Waals surface area contributed by atoms with Crippen molar-refractivity contribution in [1.82, 2.24) is 9.88 Å². The predicted octanol–water partition coefficient (Wildman–Crippen LogP) is 4.76. The third-order valence-corrected chi connectivity index (χ3v) is 6.76. The lowest BCUT2D eigenvalue weighted by Gasteiger charge is -2.41. The maximum absolute atomic E-state index is 13.2. The molecule has 2 amide bonds. The molecule has 1 aromatic carbocycles. The van der Waals surface area contributed by atoms with Gasteiger partial charge in [0.2, 0.25) is 5.91 Å². The number of guanidine groups is 1. The first-order chi connectivity index (χ1) is 16.9. The molecule has 4 rings (SSSR count). The van der Waals surface area contributed by atoms with Crippen molar-refractivity contribution in [3.63, 3.8) is 0 Å². The van der Waals surface area contributed by atoms with E-state index >= 15 is 0 Å². The molecule has 8 nitrogen and oxygen atoms in total. The van der Waals surface area contributed by atoms with Gasteiger partial charge in [-0.05, 0) is 38.8 Å². The minimum Gasteiger partial charge on any atom is -0.378 e. The fraction of sp³-hybridized carbons (Fsp3) is 0.417. The fourth-order valence-corrected chi connectivity index (χ4v) is 4.94. The van der Waals surface area contributed by atoms with E-state index in [4.69, 9.17) is 22.1 Å². The van der Waals surface area contributed by atoms with Gasteiger partial charge in [-0.2, -0.15) is 13.2 Å². The lowest BCUT2D eigenvalue weighted by atomic mass is 9.86. The van der Waals surface area contributed by atoms with E-state index in [1.807, 2.05) is 6.92 Å². The van der Waals surface area contributed by atoms with Crippen LogP contribution in [0.15, 0.2) is 41.7 Å². The van der Waals surface area contributed by atoms with E-state index in [0.717, 1.165) is 6.20 Å². The van der Waals surface area contributed by atoms with Crippen molar-refractivity contribution in [2.24, 2.45) is 10.7 Å². The molecule has 0 aliphatic carbocycles. The lowest BCUT2D eigenvalue weighted by Crippen LogP contribution is -2.56. The van der Waals surface area contributed by atoms with E-state index < -0.39 is 23.2 Å². The molecule has 2 aliphatic rings. The smallest absolute Gasteiger partial charge is 0.378 e. The molecule has 1 saturated heterocycles. The van der Waals surface area contributed by atoms with Gasteiger partial charge in [-0.25, -0.2) is 4.99 Å². The second-order valence-electron chi connectivity index (χ2n) is 9.13. The summed E-state index contributed by atoms with van der Waals surface area (Å²) in [5, 5.41) is 2.63. The van der Waals surface area contributed by atoms with Crippen LogP contribution in [0.25, 0.3) is 0 Å². The van der Waals surface area contributed by atoms with E-state index in [0.29, 0.717) is 37.3 Å². The number of hydrogen-bond donors (Lipinski definition) is 2. The highest BCUT2D eigenvalue weighted by atomic mass is 35.5. The molecule has 1 aromatic heterocycles. The summed E-state index contributed by atoms with van der Waals surface area (Å²) >= 11 is 6.60. The third-order valence-electron chi connectivity index (χ3n) is 6.35.